The van der Waals surface area contributed by atoms with E-state index < -0.39 is 10.8 Å². The van der Waals surface area contributed by atoms with Crippen molar-refractivity contribution in [1.29, 1.82) is 5.41 Å². The van der Waals surface area contributed by atoms with Crippen LogP contribution in [0, 0.1) is 51.7 Å². The van der Waals surface area contributed by atoms with E-state index in [4.69, 9.17) is 0 Å². The predicted molar refractivity (Wildman–Crippen MR) is 191 cm³/mol. The van der Waals surface area contributed by atoms with E-state index in [-0.39, 0.29) is 17.8 Å². The summed E-state index contributed by atoms with van der Waals surface area (Å²) >= 11 is 0. The number of nitrogens with one attached hydrogen (secondary N) is 1. The van der Waals surface area contributed by atoms with Crippen LogP contribution in [-0.4, -0.2) is 22.7 Å². The van der Waals surface area contributed by atoms with Crippen LogP contribution in [-0.2, 0) is 9.59 Å². The molecule has 0 aromatic heterocycles. The molecule has 4 aromatic rings. The number of nitrogens with zero attached hydrogens (tertiary/aromatic N) is 2. The molecule has 244 valence electrons. The SMILES string of the molecule is N=C(N(C(=O)C12CC3CC(CC(C3)C1)C2)C(=O)C12CC3CC(CC(C3)C1)C2)N(c1cccc2ccccc12)c1cccc2ccccc12. The Bertz CT molecular complexity index is 1780. The molecule has 1 N–H and O–H groups in total. The maximum absolute atomic E-state index is 15.6. The van der Waals surface area contributed by atoms with E-state index in [1.54, 1.807) is 0 Å². The summed E-state index contributed by atoms with van der Waals surface area (Å²) in [6.45, 7) is 0. The van der Waals surface area contributed by atoms with Crippen molar-refractivity contribution >= 4 is 50.7 Å². The molecule has 8 saturated carbocycles. The molecule has 0 saturated heterocycles. The minimum Gasteiger partial charge on any atom is -0.279 e. The number of carbonyl (C=O) groups excluding carboxylic acids is 2. The zero-order valence-corrected chi connectivity index (χ0v) is 27.7. The molecule has 5 nitrogen and oxygen atoms in total. The Hall–Kier alpha value is -3.99. The van der Waals surface area contributed by atoms with Gasteiger partial charge in [-0.25, -0.2) is 4.90 Å². The standard InChI is InChI=1S/C43H45N3O2/c44-41(45(37-13-5-9-33-7-1-3-11-35(33)37)38-14-6-10-34-8-2-4-12-36(34)38)46(39(47)42-21-27-15-28(22-42)17-29(16-27)23-42)40(48)43-24-30-18-31(25-43)20-32(19-30)26-43/h1-14,27-32,44H,15-26H2. The third kappa shape index (κ3) is 4.31. The highest BCUT2D eigenvalue weighted by atomic mass is 16.2. The Kier molecular flexibility index (Phi) is 6.34. The third-order valence-corrected chi connectivity index (χ3v) is 13.8. The lowest BCUT2D eigenvalue weighted by atomic mass is 9.48. The molecule has 0 aliphatic heterocycles. The monoisotopic (exact) mass is 635 g/mol. The molecule has 5 heteroatoms. The van der Waals surface area contributed by atoms with E-state index in [1.807, 2.05) is 41.3 Å². The minimum absolute atomic E-state index is 0.00389. The fourth-order valence-corrected chi connectivity index (χ4v) is 12.8. The first kappa shape index (κ1) is 29.0. The second kappa shape index (κ2) is 10.5. The summed E-state index contributed by atoms with van der Waals surface area (Å²) in [5.74, 6) is 3.27. The van der Waals surface area contributed by atoms with Crippen LogP contribution in [0.3, 0.4) is 0 Å². The molecule has 4 aromatic carbocycles. The van der Waals surface area contributed by atoms with Gasteiger partial charge in [-0.3, -0.25) is 19.9 Å². The van der Waals surface area contributed by atoms with Crippen LogP contribution in [0.2, 0.25) is 0 Å². The summed E-state index contributed by atoms with van der Waals surface area (Å²) in [7, 11) is 0. The lowest BCUT2D eigenvalue weighted by Gasteiger charge is -2.58. The van der Waals surface area contributed by atoms with Crippen molar-refractivity contribution in [3.63, 3.8) is 0 Å². The van der Waals surface area contributed by atoms with Gasteiger partial charge < -0.3 is 0 Å². The molecule has 0 radical (unpaired) electrons. The van der Waals surface area contributed by atoms with Crippen LogP contribution in [0.15, 0.2) is 84.9 Å². The van der Waals surface area contributed by atoms with Crippen molar-refractivity contribution in [1.82, 2.24) is 4.90 Å². The quantitative estimate of drug-likeness (QED) is 0.138. The zero-order valence-electron chi connectivity index (χ0n) is 27.7. The van der Waals surface area contributed by atoms with E-state index in [0.29, 0.717) is 35.5 Å². The lowest BCUT2D eigenvalue weighted by molar-refractivity contribution is -0.168. The van der Waals surface area contributed by atoms with Gasteiger partial charge in [-0.2, -0.15) is 0 Å². The average molecular weight is 636 g/mol. The summed E-state index contributed by atoms with van der Waals surface area (Å²) < 4.78 is 0. The van der Waals surface area contributed by atoms with E-state index in [0.717, 1.165) is 71.4 Å². The zero-order chi connectivity index (χ0) is 32.2. The number of hydrogen-bond acceptors (Lipinski definition) is 3. The van der Waals surface area contributed by atoms with Crippen LogP contribution in [0.1, 0.15) is 77.0 Å². The maximum Gasteiger partial charge on any atom is 0.242 e. The van der Waals surface area contributed by atoms with Gasteiger partial charge in [0.05, 0.1) is 22.2 Å². The van der Waals surface area contributed by atoms with Crippen molar-refractivity contribution in [2.45, 2.75) is 77.0 Å². The summed E-state index contributed by atoms with van der Waals surface area (Å²) in [4.78, 5) is 34.6. The molecule has 8 fully saturated rings. The summed E-state index contributed by atoms with van der Waals surface area (Å²) in [5, 5.41) is 14.5. The van der Waals surface area contributed by atoms with Gasteiger partial charge in [0.15, 0.2) is 0 Å². The highest BCUT2D eigenvalue weighted by Crippen LogP contribution is 2.63. The van der Waals surface area contributed by atoms with E-state index >= 15 is 9.59 Å². The number of carbonyl (C=O) groups is 2. The molecule has 0 spiro atoms. The number of benzene rings is 4. The Morgan fingerprint density at radius 2 is 0.833 bits per heavy atom. The van der Waals surface area contributed by atoms with Gasteiger partial charge in [-0.05, 0) is 135 Å². The van der Waals surface area contributed by atoms with Gasteiger partial charge in [-0.1, -0.05) is 72.8 Å². The molecule has 12 rings (SSSR count). The summed E-state index contributed by atoms with van der Waals surface area (Å²) in [6, 6.07) is 28.9. The Morgan fingerprint density at radius 3 is 1.21 bits per heavy atom. The number of rotatable bonds is 4. The largest absolute Gasteiger partial charge is 0.279 e. The van der Waals surface area contributed by atoms with Gasteiger partial charge in [0.2, 0.25) is 17.8 Å². The molecule has 0 atom stereocenters. The molecule has 0 heterocycles. The second-order valence-corrected chi connectivity index (χ2v) is 17.0. The van der Waals surface area contributed by atoms with Crippen LogP contribution < -0.4 is 4.90 Å². The van der Waals surface area contributed by atoms with Crippen molar-refractivity contribution in [2.75, 3.05) is 4.90 Å². The first-order chi connectivity index (χ1) is 23.4. The molecule has 48 heavy (non-hydrogen) atoms. The summed E-state index contributed by atoms with van der Waals surface area (Å²) in [5.41, 5.74) is 0.580. The minimum atomic E-state index is -0.539. The highest BCUT2D eigenvalue weighted by Gasteiger charge is 2.61. The van der Waals surface area contributed by atoms with Crippen LogP contribution in [0.5, 0.6) is 0 Å². The maximum atomic E-state index is 15.6. The van der Waals surface area contributed by atoms with Crippen molar-refractivity contribution in [3.8, 4) is 0 Å². The average Bonchev–Trinajstić information content (AvgIpc) is 3.07. The topological polar surface area (TPSA) is 64.5 Å². The Labute approximate surface area is 283 Å². The Morgan fingerprint density at radius 1 is 0.500 bits per heavy atom. The fraction of sp³-hybridized carbons (Fsp3) is 0.465. The normalized spacial score (nSPS) is 34.1. The fourth-order valence-electron chi connectivity index (χ4n) is 12.8. The number of hydrogen-bond donors (Lipinski definition) is 1. The molecular weight excluding hydrogens is 590 g/mol. The lowest BCUT2D eigenvalue weighted by Crippen LogP contribution is -2.63. The number of amides is 2. The second-order valence-electron chi connectivity index (χ2n) is 17.0. The van der Waals surface area contributed by atoms with E-state index in [2.05, 4.69) is 48.5 Å². The number of fused-ring (bicyclic) bond motifs is 2. The Balaban J connectivity index is 1.17. The van der Waals surface area contributed by atoms with Gasteiger partial charge in [0, 0.05) is 10.8 Å². The summed E-state index contributed by atoms with van der Waals surface area (Å²) in [6.07, 6.45) is 12.6. The molecule has 2 amide bonds. The number of imide groups is 1. The van der Waals surface area contributed by atoms with E-state index in [9.17, 15) is 5.41 Å². The van der Waals surface area contributed by atoms with Crippen molar-refractivity contribution in [3.05, 3.63) is 84.9 Å². The van der Waals surface area contributed by atoms with Crippen molar-refractivity contribution < 1.29 is 9.59 Å². The highest BCUT2D eigenvalue weighted by molar-refractivity contribution is 6.23. The predicted octanol–water partition coefficient (Wildman–Crippen LogP) is 9.85. The molecule has 0 unspecified atom stereocenters. The van der Waals surface area contributed by atoms with Crippen LogP contribution >= 0.6 is 0 Å². The molecule has 8 aliphatic carbocycles. The van der Waals surface area contributed by atoms with Crippen molar-refractivity contribution in [2.24, 2.45) is 46.3 Å². The van der Waals surface area contributed by atoms with Crippen LogP contribution in [0.4, 0.5) is 11.4 Å². The molecular formula is C43H45N3O2. The first-order valence-electron chi connectivity index (χ1n) is 18.6. The third-order valence-electron chi connectivity index (χ3n) is 13.8. The number of anilines is 2. The van der Waals surface area contributed by atoms with Crippen LogP contribution in [0.25, 0.3) is 21.5 Å². The van der Waals surface area contributed by atoms with Gasteiger partial charge >= 0.3 is 0 Å². The van der Waals surface area contributed by atoms with Gasteiger partial charge in [-0.15, -0.1) is 0 Å². The van der Waals surface area contributed by atoms with Gasteiger partial charge in [0.25, 0.3) is 0 Å². The smallest absolute Gasteiger partial charge is 0.242 e. The molecule has 8 bridgehead atoms. The first-order valence-corrected chi connectivity index (χ1v) is 18.6. The van der Waals surface area contributed by atoms with E-state index in [1.165, 1.54) is 43.4 Å². The number of guanidine groups is 1. The molecule has 8 aliphatic rings. The van der Waals surface area contributed by atoms with Gasteiger partial charge in [0.1, 0.15) is 0 Å².